The van der Waals surface area contributed by atoms with Crippen LogP contribution in [0.1, 0.15) is 24.0 Å². The predicted molar refractivity (Wildman–Crippen MR) is 92.3 cm³/mol. The second-order valence-electron chi connectivity index (χ2n) is 6.72. The first kappa shape index (κ1) is 15.8. The third kappa shape index (κ3) is 3.02. The standard InChI is InChI=1S/C20H18F2N2O/c21-14-5-6-18-15(10-14)13(11-23-18)9-19(25)24-12-20(7-8-20)16-3-1-2-4-17(16)22/h1-6,10-11,23H,7-9,12H2,(H,24,25). The van der Waals surface area contributed by atoms with E-state index in [0.29, 0.717) is 17.5 Å². The van der Waals surface area contributed by atoms with Crippen molar-refractivity contribution in [1.82, 2.24) is 10.3 Å². The van der Waals surface area contributed by atoms with Gasteiger partial charge in [0.15, 0.2) is 0 Å². The number of carbonyl (C=O) groups is 1. The van der Waals surface area contributed by atoms with E-state index < -0.39 is 0 Å². The summed E-state index contributed by atoms with van der Waals surface area (Å²) in [4.78, 5) is 15.4. The summed E-state index contributed by atoms with van der Waals surface area (Å²) in [6.45, 7) is 0.420. The summed E-state index contributed by atoms with van der Waals surface area (Å²) in [5.41, 5.74) is 1.94. The van der Waals surface area contributed by atoms with Gasteiger partial charge >= 0.3 is 0 Å². The van der Waals surface area contributed by atoms with Crippen molar-refractivity contribution in [2.45, 2.75) is 24.7 Å². The molecule has 0 radical (unpaired) electrons. The fraction of sp³-hybridized carbons (Fsp3) is 0.250. The molecule has 0 bridgehead atoms. The molecule has 1 fully saturated rings. The van der Waals surface area contributed by atoms with Gasteiger partial charge in [0.1, 0.15) is 11.6 Å². The monoisotopic (exact) mass is 340 g/mol. The first-order valence-corrected chi connectivity index (χ1v) is 8.35. The SMILES string of the molecule is O=C(Cc1c[nH]c2ccc(F)cc12)NCC1(c2ccccc2F)CC1. The van der Waals surface area contributed by atoms with E-state index in [-0.39, 0.29) is 29.4 Å². The van der Waals surface area contributed by atoms with Gasteiger partial charge in [0, 0.05) is 29.1 Å². The normalized spacial score (nSPS) is 15.3. The summed E-state index contributed by atoms with van der Waals surface area (Å²) in [5, 5.41) is 3.63. The fourth-order valence-corrected chi connectivity index (χ4v) is 3.38. The maximum atomic E-state index is 14.0. The molecule has 1 amide bonds. The van der Waals surface area contributed by atoms with Crippen molar-refractivity contribution < 1.29 is 13.6 Å². The quantitative estimate of drug-likeness (QED) is 0.728. The van der Waals surface area contributed by atoms with Crippen LogP contribution in [-0.2, 0) is 16.6 Å². The Labute approximate surface area is 144 Å². The first-order chi connectivity index (χ1) is 12.1. The lowest BCUT2D eigenvalue weighted by Crippen LogP contribution is -2.33. The van der Waals surface area contributed by atoms with Crippen LogP contribution in [0.3, 0.4) is 0 Å². The molecule has 25 heavy (non-hydrogen) atoms. The number of hydrogen-bond acceptors (Lipinski definition) is 1. The third-order valence-corrected chi connectivity index (χ3v) is 5.00. The summed E-state index contributed by atoms with van der Waals surface area (Å²) < 4.78 is 27.4. The highest BCUT2D eigenvalue weighted by molar-refractivity contribution is 5.89. The average molecular weight is 340 g/mol. The van der Waals surface area contributed by atoms with Crippen LogP contribution in [-0.4, -0.2) is 17.4 Å². The number of amides is 1. The highest BCUT2D eigenvalue weighted by atomic mass is 19.1. The van der Waals surface area contributed by atoms with Gasteiger partial charge in [-0.25, -0.2) is 8.78 Å². The summed E-state index contributed by atoms with van der Waals surface area (Å²) in [7, 11) is 0. The van der Waals surface area contributed by atoms with Gasteiger partial charge in [-0.15, -0.1) is 0 Å². The molecule has 0 unspecified atom stereocenters. The minimum absolute atomic E-state index is 0.146. The number of hydrogen-bond donors (Lipinski definition) is 2. The second kappa shape index (κ2) is 5.99. The fourth-order valence-electron chi connectivity index (χ4n) is 3.38. The molecule has 128 valence electrons. The zero-order valence-corrected chi connectivity index (χ0v) is 13.6. The molecule has 1 aliphatic rings. The van der Waals surface area contributed by atoms with Crippen LogP contribution >= 0.6 is 0 Å². The predicted octanol–water partition coefficient (Wildman–Crippen LogP) is 3.84. The van der Waals surface area contributed by atoms with Crippen molar-refractivity contribution in [1.29, 1.82) is 0 Å². The Bertz CT molecular complexity index is 944. The Morgan fingerprint density at radius 3 is 2.72 bits per heavy atom. The molecule has 0 saturated heterocycles. The second-order valence-corrected chi connectivity index (χ2v) is 6.72. The molecule has 0 aliphatic heterocycles. The molecule has 5 heteroatoms. The molecule has 3 aromatic rings. The Balaban J connectivity index is 1.44. The van der Waals surface area contributed by atoms with Gasteiger partial charge in [-0.1, -0.05) is 18.2 Å². The van der Waals surface area contributed by atoms with Gasteiger partial charge in [-0.2, -0.15) is 0 Å². The van der Waals surface area contributed by atoms with Crippen LogP contribution in [0.5, 0.6) is 0 Å². The van der Waals surface area contributed by atoms with Crippen molar-refractivity contribution in [3.8, 4) is 0 Å². The number of fused-ring (bicyclic) bond motifs is 1. The van der Waals surface area contributed by atoms with Crippen molar-refractivity contribution >= 4 is 16.8 Å². The maximum absolute atomic E-state index is 14.0. The summed E-state index contributed by atoms with van der Waals surface area (Å²) in [6, 6.07) is 11.2. The van der Waals surface area contributed by atoms with Gasteiger partial charge in [-0.05, 0) is 48.2 Å². The van der Waals surface area contributed by atoms with Crippen LogP contribution < -0.4 is 5.32 Å². The van der Waals surface area contributed by atoms with Gasteiger partial charge in [0.2, 0.25) is 5.91 Å². The van der Waals surface area contributed by atoms with Crippen molar-refractivity contribution in [3.63, 3.8) is 0 Å². The van der Waals surface area contributed by atoms with Crippen molar-refractivity contribution in [2.75, 3.05) is 6.54 Å². The van der Waals surface area contributed by atoms with E-state index in [1.165, 1.54) is 18.2 Å². The number of benzene rings is 2. The first-order valence-electron chi connectivity index (χ1n) is 8.35. The minimum Gasteiger partial charge on any atom is -0.361 e. The molecule has 1 aromatic heterocycles. The Morgan fingerprint density at radius 1 is 1.16 bits per heavy atom. The summed E-state index contributed by atoms with van der Waals surface area (Å²) in [6.07, 6.45) is 3.63. The van der Waals surface area contributed by atoms with E-state index in [1.54, 1.807) is 24.4 Å². The number of nitrogens with one attached hydrogen (secondary N) is 2. The largest absolute Gasteiger partial charge is 0.361 e. The van der Waals surface area contributed by atoms with E-state index >= 15 is 0 Å². The number of aromatic nitrogens is 1. The average Bonchev–Trinajstić information content (AvgIpc) is 3.30. The Morgan fingerprint density at radius 2 is 1.96 bits per heavy atom. The van der Waals surface area contributed by atoms with Crippen LogP contribution in [0.2, 0.25) is 0 Å². The lowest BCUT2D eigenvalue weighted by molar-refractivity contribution is -0.120. The molecule has 1 saturated carbocycles. The van der Waals surface area contributed by atoms with Crippen LogP contribution in [0, 0.1) is 11.6 Å². The molecular weight excluding hydrogens is 322 g/mol. The highest BCUT2D eigenvalue weighted by Crippen LogP contribution is 2.48. The van der Waals surface area contributed by atoms with E-state index in [9.17, 15) is 13.6 Å². The topological polar surface area (TPSA) is 44.9 Å². The van der Waals surface area contributed by atoms with Gasteiger partial charge in [0.25, 0.3) is 0 Å². The molecular formula is C20H18F2N2O. The molecule has 1 heterocycles. The van der Waals surface area contributed by atoms with Crippen molar-refractivity contribution in [2.24, 2.45) is 0 Å². The van der Waals surface area contributed by atoms with Crippen LogP contribution in [0.15, 0.2) is 48.7 Å². The molecule has 4 rings (SSSR count). The lowest BCUT2D eigenvalue weighted by Gasteiger charge is -2.17. The van der Waals surface area contributed by atoms with Gasteiger partial charge in [0.05, 0.1) is 6.42 Å². The van der Waals surface area contributed by atoms with E-state index in [1.807, 2.05) is 6.07 Å². The van der Waals surface area contributed by atoms with Crippen LogP contribution in [0.4, 0.5) is 8.78 Å². The number of halogens is 2. The molecule has 2 N–H and O–H groups in total. The van der Waals surface area contributed by atoms with Crippen LogP contribution in [0.25, 0.3) is 10.9 Å². The summed E-state index contributed by atoms with van der Waals surface area (Å²) >= 11 is 0. The molecule has 2 aromatic carbocycles. The van der Waals surface area contributed by atoms with Gasteiger partial charge in [-0.3, -0.25) is 4.79 Å². The number of H-pyrrole nitrogens is 1. The Hall–Kier alpha value is -2.69. The molecule has 0 atom stereocenters. The zero-order valence-electron chi connectivity index (χ0n) is 13.6. The zero-order chi connectivity index (χ0) is 17.4. The third-order valence-electron chi connectivity index (χ3n) is 5.00. The molecule has 1 aliphatic carbocycles. The van der Waals surface area contributed by atoms with E-state index in [2.05, 4.69) is 10.3 Å². The number of carbonyl (C=O) groups excluding carboxylic acids is 1. The van der Waals surface area contributed by atoms with E-state index in [0.717, 1.165) is 23.9 Å². The molecule has 3 nitrogen and oxygen atoms in total. The maximum Gasteiger partial charge on any atom is 0.224 e. The lowest BCUT2D eigenvalue weighted by atomic mass is 9.95. The van der Waals surface area contributed by atoms with E-state index in [4.69, 9.17) is 0 Å². The minimum atomic E-state index is -0.328. The summed E-state index contributed by atoms with van der Waals surface area (Å²) in [5.74, 6) is -0.695. The smallest absolute Gasteiger partial charge is 0.224 e. The number of rotatable bonds is 5. The molecule has 0 spiro atoms. The number of aromatic amines is 1. The Kier molecular flexibility index (Phi) is 3.79. The highest BCUT2D eigenvalue weighted by Gasteiger charge is 2.45. The van der Waals surface area contributed by atoms with Gasteiger partial charge < -0.3 is 10.3 Å². The van der Waals surface area contributed by atoms with Crippen molar-refractivity contribution in [3.05, 3.63) is 71.4 Å².